The lowest BCUT2D eigenvalue weighted by molar-refractivity contribution is -0.135. The van der Waals surface area contributed by atoms with E-state index in [4.69, 9.17) is 4.74 Å². The molecule has 0 aromatic heterocycles. The van der Waals surface area contributed by atoms with Crippen molar-refractivity contribution in [2.24, 2.45) is 0 Å². The first kappa shape index (κ1) is 22.1. The molecule has 2 aliphatic rings. The number of piperidine rings is 1. The Balaban J connectivity index is 0.00000256. The molecule has 0 spiro atoms. The van der Waals surface area contributed by atoms with Gasteiger partial charge in [-0.3, -0.25) is 9.59 Å². The van der Waals surface area contributed by atoms with Gasteiger partial charge in [-0.1, -0.05) is 36.4 Å². The van der Waals surface area contributed by atoms with E-state index in [2.05, 4.69) is 5.32 Å². The van der Waals surface area contributed by atoms with E-state index in [-0.39, 0.29) is 30.3 Å². The molecule has 1 atom stereocenters. The van der Waals surface area contributed by atoms with E-state index in [1.54, 1.807) is 0 Å². The average molecular weight is 430 g/mol. The summed E-state index contributed by atoms with van der Waals surface area (Å²) < 4.78 is 5.87. The number of hydrogen-bond donors (Lipinski definition) is 1. The summed E-state index contributed by atoms with van der Waals surface area (Å²) in [4.78, 5) is 29.1. The number of rotatable bonds is 5. The molecule has 1 unspecified atom stereocenters. The van der Waals surface area contributed by atoms with Gasteiger partial charge in [-0.05, 0) is 36.6 Å². The van der Waals surface area contributed by atoms with Crippen LogP contribution in [-0.4, -0.2) is 60.4 Å². The molecule has 0 saturated carbocycles. The Kier molecular flexibility index (Phi) is 7.71. The molecule has 2 amide bonds. The second-order valence-corrected chi connectivity index (χ2v) is 7.61. The summed E-state index contributed by atoms with van der Waals surface area (Å²) >= 11 is 0. The van der Waals surface area contributed by atoms with Crippen LogP contribution in [0.2, 0.25) is 0 Å². The van der Waals surface area contributed by atoms with E-state index in [9.17, 15) is 9.59 Å². The predicted octanol–water partition coefficient (Wildman–Crippen LogP) is 2.72. The maximum atomic E-state index is 13.1. The first-order valence-electron chi connectivity index (χ1n) is 10.3. The Morgan fingerprint density at radius 2 is 1.93 bits per heavy atom. The van der Waals surface area contributed by atoms with Crippen LogP contribution < -0.4 is 10.1 Å². The van der Waals surface area contributed by atoms with Crippen LogP contribution in [0, 0.1) is 0 Å². The summed E-state index contributed by atoms with van der Waals surface area (Å²) in [5.41, 5.74) is 1.71. The molecule has 2 heterocycles. The molecular weight excluding hydrogens is 402 g/mol. The van der Waals surface area contributed by atoms with Gasteiger partial charge < -0.3 is 19.9 Å². The van der Waals surface area contributed by atoms with Gasteiger partial charge in [0.25, 0.3) is 5.91 Å². The second-order valence-electron chi connectivity index (χ2n) is 7.61. The van der Waals surface area contributed by atoms with Crippen LogP contribution in [0.15, 0.2) is 54.6 Å². The van der Waals surface area contributed by atoms with Gasteiger partial charge in [0.05, 0.1) is 6.54 Å². The molecule has 0 bridgehead atoms. The van der Waals surface area contributed by atoms with Crippen molar-refractivity contribution in [1.29, 1.82) is 0 Å². The van der Waals surface area contributed by atoms with Gasteiger partial charge in [0, 0.05) is 37.8 Å². The number of halogens is 1. The number of hydrogen-bond acceptors (Lipinski definition) is 4. The topological polar surface area (TPSA) is 61.9 Å². The van der Waals surface area contributed by atoms with Crippen LogP contribution in [0.4, 0.5) is 0 Å². The number of amides is 2. The molecule has 6 nitrogen and oxygen atoms in total. The fourth-order valence-corrected chi connectivity index (χ4v) is 4.04. The number of nitrogens with zero attached hydrogens (tertiary/aromatic N) is 2. The third-order valence-electron chi connectivity index (χ3n) is 5.58. The molecule has 0 radical (unpaired) electrons. The van der Waals surface area contributed by atoms with Gasteiger partial charge in [-0.25, -0.2) is 0 Å². The van der Waals surface area contributed by atoms with Crippen molar-refractivity contribution in [3.63, 3.8) is 0 Å². The van der Waals surface area contributed by atoms with Gasteiger partial charge in [-0.2, -0.15) is 0 Å². The van der Waals surface area contributed by atoms with Crippen molar-refractivity contribution >= 4 is 24.2 Å². The minimum Gasteiger partial charge on any atom is -0.489 e. The van der Waals surface area contributed by atoms with E-state index in [1.807, 2.05) is 64.4 Å². The molecular formula is C23H28ClN3O3. The number of carbonyl (C=O) groups is 2. The minimum atomic E-state index is 0. The fourth-order valence-electron chi connectivity index (χ4n) is 4.04. The molecule has 4 rings (SSSR count). The van der Waals surface area contributed by atoms with E-state index in [1.165, 1.54) is 0 Å². The Bertz CT molecular complexity index is 862. The Morgan fingerprint density at radius 1 is 1.10 bits per heavy atom. The standard InChI is InChI=1S/C23H27N3O3.ClH/c27-22-15-24-11-13-26(22)20-9-5-12-25(16-20)23(28)19-8-4-10-21(14-19)29-17-18-6-2-1-3-7-18;/h1-4,6-8,10,14,20,24H,5,9,11-13,15-17H2;1H. The summed E-state index contributed by atoms with van der Waals surface area (Å²) in [6, 6.07) is 17.4. The minimum absolute atomic E-state index is 0. The van der Waals surface area contributed by atoms with Crippen molar-refractivity contribution in [2.75, 3.05) is 32.7 Å². The van der Waals surface area contributed by atoms with Crippen LogP contribution in [0.3, 0.4) is 0 Å². The number of ether oxygens (including phenoxy) is 1. The normalized spacial score (nSPS) is 19.2. The SMILES string of the molecule is Cl.O=C(c1cccc(OCc2ccccc2)c1)N1CCCC(N2CCNCC2=O)C1. The van der Waals surface area contributed by atoms with Crippen LogP contribution in [0.25, 0.3) is 0 Å². The van der Waals surface area contributed by atoms with Crippen LogP contribution in [0.1, 0.15) is 28.8 Å². The quantitative estimate of drug-likeness (QED) is 0.793. The lowest BCUT2D eigenvalue weighted by atomic mass is 10.0. The molecule has 2 aromatic rings. The van der Waals surface area contributed by atoms with Gasteiger partial charge in [0.1, 0.15) is 12.4 Å². The lowest BCUT2D eigenvalue weighted by Gasteiger charge is -2.41. The van der Waals surface area contributed by atoms with E-state index in [0.29, 0.717) is 37.6 Å². The first-order valence-corrected chi connectivity index (χ1v) is 10.3. The zero-order chi connectivity index (χ0) is 20.1. The summed E-state index contributed by atoms with van der Waals surface area (Å²) in [5, 5.41) is 3.11. The molecule has 160 valence electrons. The third kappa shape index (κ3) is 5.32. The molecule has 1 N–H and O–H groups in total. The van der Waals surface area contributed by atoms with E-state index >= 15 is 0 Å². The fraction of sp³-hybridized carbons (Fsp3) is 0.391. The Hall–Kier alpha value is -2.57. The van der Waals surface area contributed by atoms with Crippen LogP contribution in [-0.2, 0) is 11.4 Å². The van der Waals surface area contributed by atoms with Gasteiger partial charge in [0.2, 0.25) is 5.91 Å². The highest BCUT2D eigenvalue weighted by atomic mass is 35.5. The zero-order valence-electron chi connectivity index (χ0n) is 17.0. The summed E-state index contributed by atoms with van der Waals surface area (Å²) in [7, 11) is 0. The van der Waals surface area contributed by atoms with Crippen molar-refractivity contribution in [1.82, 2.24) is 15.1 Å². The lowest BCUT2D eigenvalue weighted by Crippen LogP contribution is -2.57. The van der Waals surface area contributed by atoms with Crippen molar-refractivity contribution in [3.05, 3.63) is 65.7 Å². The third-order valence-corrected chi connectivity index (χ3v) is 5.58. The molecule has 2 saturated heterocycles. The monoisotopic (exact) mass is 429 g/mol. The number of nitrogens with one attached hydrogen (secondary N) is 1. The van der Waals surface area contributed by atoms with Gasteiger partial charge >= 0.3 is 0 Å². The Morgan fingerprint density at radius 3 is 2.73 bits per heavy atom. The molecule has 30 heavy (non-hydrogen) atoms. The predicted molar refractivity (Wildman–Crippen MR) is 118 cm³/mol. The largest absolute Gasteiger partial charge is 0.489 e. The Labute approximate surface area is 183 Å². The molecule has 7 heteroatoms. The number of carbonyl (C=O) groups excluding carboxylic acids is 2. The molecule has 2 aliphatic heterocycles. The maximum absolute atomic E-state index is 13.1. The number of likely N-dealkylation sites (tertiary alicyclic amines) is 1. The van der Waals surface area contributed by atoms with Crippen LogP contribution >= 0.6 is 12.4 Å². The average Bonchev–Trinajstić information content (AvgIpc) is 2.78. The second kappa shape index (κ2) is 10.5. The molecule has 2 fully saturated rings. The van der Waals surface area contributed by atoms with Crippen molar-refractivity contribution in [3.8, 4) is 5.75 Å². The van der Waals surface area contributed by atoms with Gasteiger partial charge in [0.15, 0.2) is 0 Å². The summed E-state index contributed by atoms with van der Waals surface area (Å²) in [6.45, 7) is 3.72. The van der Waals surface area contributed by atoms with Crippen molar-refractivity contribution in [2.45, 2.75) is 25.5 Å². The summed E-state index contributed by atoms with van der Waals surface area (Å²) in [5.74, 6) is 0.819. The highest BCUT2D eigenvalue weighted by Gasteiger charge is 2.31. The van der Waals surface area contributed by atoms with E-state index < -0.39 is 0 Å². The molecule has 0 aliphatic carbocycles. The number of benzene rings is 2. The van der Waals surface area contributed by atoms with Gasteiger partial charge in [-0.15, -0.1) is 12.4 Å². The van der Waals surface area contributed by atoms with Crippen molar-refractivity contribution < 1.29 is 14.3 Å². The highest BCUT2D eigenvalue weighted by Crippen LogP contribution is 2.21. The zero-order valence-corrected chi connectivity index (χ0v) is 17.8. The number of piperazine rings is 1. The maximum Gasteiger partial charge on any atom is 0.254 e. The first-order chi connectivity index (χ1) is 14.2. The smallest absolute Gasteiger partial charge is 0.254 e. The molecule has 2 aromatic carbocycles. The summed E-state index contributed by atoms with van der Waals surface area (Å²) in [6.07, 6.45) is 1.87. The van der Waals surface area contributed by atoms with Crippen LogP contribution in [0.5, 0.6) is 5.75 Å². The highest BCUT2D eigenvalue weighted by molar-refractivity contribution is 5.94. The van der Waals surface area contributed by atoms with E-state index in [0.717, 1.165) is 31.5 Å².